The lowest BCUT2D eigenvalue weighted by atomic mass is 10.1. The molecule has 0 spiro atoms. The number of carbonyl (C=O) groups excluding carboxylic acids is 2. The standard InChI is InChI=1S/C21H28N4O2/c1-15-18(20(26)22-2)8-5-9-19(15)24-21(27)23-14-6-7-16-10-12-17(13-11-16)25(3)4/h5,8-13H,6-7,14H2,1-4H3,(H,22,26)(H2,23,24,27). The summed E-state index contributed by atoms with van der Waals surface area (Å²) in [5.41, 5.74) is 4.35. The van der Waals surface area contributed by atoms with Crippen molar-refractivity contribution in [3.05, 3.63) is 59.2 Å². The molecule has 0 aromatic heterocycles. The second-order valence-electron chi connectivity index (χ2n) is 6.60. The van der Waals surface area contributed by atoms with E-state index in [0.29, 0.717) is 17.8 Å². The molecular formula is C21H28N4O2. The predicted octanol–water partition coefficient (Wildman–Crippen LogP) is 3.17. The van der Waals surface area contributed by atoms with Crippen LogP contribution in [-0.4, -0.2) is 39.6 Å². The molecule has 3 N–H and O–H groups in total. The molecule has 0 atom stereocenters. The molecule has 6 heteroatoms. The average Bonchev–Trinajstić information content (AvgIpc) is 2.66. The van der Waals surface area contributed by atoms with E-state index in [1.165, 1.54) is 11.3 Å². The summed E-state index contributed by atoms with van der Waals surface area (Å²) in [4.78, 5) is 26.0. The fourth-order valence-electron chi connectivity index (χ4n) is 2.77. The van der Waals surface area contributed by atoms with Crippen LogP contribution in [0, 0.1) is 6.92 Å². The number of anilines is 2. The lowest BCUT2D eigenvalue weighted by molar-refractivity contribution is 0.0962. The van der Waals surface area contributed by atoms with E-state index < -0.39 is 0 Å². The molecule has 0 unspecified atom stereocenters. The Labute approximate surface area is 161 Å². The molecule has 2 rings (SSSR count). The summed E-state index contributed by atoms with van der Waals surface area (Å²) in [7, 11) is 5.62. The summed E-state index contributed by atoms with van der Waals surface area (Å²) in [5.74, 6) is -0.170. The van der Waals surface area contributed by atoms with E-state index >= 15 is 0 Å². The van der Waals surface area contributed by atoms with Crippen LogP contribution in [-0.2, 0) is 6.42 Å². The predicted molar refractivity (Wildman–Crippen MR) is 111 cm³/mol. The molecule has 0 radical (unpaired) electrons. The Morgan fingerprint density at radius 3 is 2.37 bits per heavy atom. The monoisotopic (exact) mass is 368 g/mol. The highest BCUT2D eigenvalue weighted by molar-refractivity contribution is 5.98. The minimum absolute atomic E-state index is 0.170. The van der Waals surface area contributed by atoms with E-state index in [2.05, 4.69) is 45.1 Å². The van der Waals surface area contributed by atoms with Gasteiger partial charge >= 0.3 is 6.03 Å². The van der Waals surface area contributed by atoms with Gasteiger partial charge in [0.25, 0.3) is 5.91 Å². The zero-order valence-corrected chi connectivity index (χ0v) is 16.4. The number of carbonyl (C=O) groups is 2. The molecular weight excluding hydrogens is 340 g/mol. The number of benzene rings is 2. The van der Waals surface area contributed by atoms with Gasteiger partial charge in [-0.2, -0.15) is 0 Å². The third kappa shape index (κ3) is 5.74. The largest absolute Gasteiger partial charge is 0.378 e. The highest BCUT2D eigenvalue weighted by atomic mass is 16.2. The number of nitrogens with one attached hydrogen (secondary N) is 3. The zero-order valence-electron chi connectivity index (χ0n) is 16.4. The number of hydrogen-bond donors (Lipinski definition) is 3. The molecule has 0 aliphatic carbocycles. The van der Waals surface area contributed by atoms with Gasteiger partial charge in [-0.1, -0.05) is 18.2 Å². The number of aryl methyl sites for hydroxylation is 1. The van der Waals surface area contributed by atoms with Crippen LogP contribution in [0.5, 0.6) is 0 Å². The van der Waals surface area contributed by atoms with Crippen molar-refractivity contribution < 1.29 is 9.59 Å². The van der Waals surface area contributed by atoms with E-state index in [-0.39, 0.29) is 11.9 Å². The molecule has 0 aliphatic heterocycles. The minimum atomic E-state index is -0.268. The third-order valence-corrected chi connectivity index (χ3v) is 4.43. The van der Waals surface area contributed by atoms with Gasteiger partial charge in [-0.05, 0) is 55.2 Å². The first-order chi connectivity index (χ1) is 12.9. The Kier molecular flexibility index (Phi) is 7.23. The molecule has 0 bridgehead atoms. The van der Waals surface area contributed by atoms with Crippen LogP contribution >= 0.6 is 0 Å². The van der Waals surface area contributed by atoms with Crippen LogP contribution in [0.2, 0.25) is 0 Å². The first-order valence-electron chi connectivity index (χ1n) is 9.05. The quantitative estimate of drug-likeness (QED) is 0.657. The molecule has 0 saturated carbocycles. The van der Waals surface area contributed by atoms with Gasteiger partial charge in [-0.3, -0.25) is 4.79 Å². The molecule has 144 valence electrons. The maximum Gasteiger partial charge on any atom is 0.319 e. The molecule has 2 aromatic rings. The molecule has 6 nitrogen and oxygen atoms in total. The van der Waals surface area contributed by atoms with Crippen LogP contribution in [0.4, 0.5) is 16.2 Å². The van der Waals surface area contributed by atoms with E-state index in [4.69, 9.17) is 0 Å². The molecule has 3 amide bonds. The average molecular weight is 368 g/mol. The maximum atomic E-state index is 12.1. The molecule has 0 saturated heterocycles. The van der Waals surface area contributed by atoms with Crippen LogP contribution in [0.25, 0.3) is 0 Å². The van der Waals surface area contributed by atoms with Crippen molar-refractivity contribution in [1.29, 1.82) is 0 Å². The highest BCUT2D eigenvalue weighted by Gasteiger charge is 2.11. The van der Waals surface area contributed by atoms with Crippen molar-refractivity contribution in [2.75, 3.05) is 37.9 Å². The first kappa shape index (κ1) is 20.3. The summed E-state index contributed by atoms with van der Waals surface area (Å²) in [6.07, 6.45) is 1.76. The number of urea groups is 1. The van der Waals surface area contributed by atoms with Gasteiger partial charge in [0, 0.05) is 44.6 Å². The number of nitrogens with zero attached hydrogens (tertiary/aromatic N) is 1. The number of rotatable bonds is 7. The Hall–Kier alpha value is -3.02. The highest BCUT2D eigenvalue weighted by Crippen LogP contribution is 2.19. The number of amides is 3. The summed E-state index contributed by atoms with van der Waals surface area (Å²) in [5, 5.41) is 8.27. The summed E-state index contributed by atoms with van der Waals surface area (Å²) < 4.78 is 0. The van der Waals surface area contributed by atoms with Gasteiger partial charge in [-0.25, -0.2) is 4.79 Å². The van der Waals surface area contributed by atoms with Gasteiger partial charge in [0.05, 0.1) is 0 Å². The lowest BCUT2D eigenvalue weighted by Crippen LogP contribution is -2.30. The molecule has 2 aromatic carbocycles. The second kappa shape index (κ2) is 9.62. The van der Waals surface area contributed by atoms with Crippen LogP contribution in [0.3, 0.4) is 0 Å². The van der Waals surface area contributed by atoms with E-state index in [1.54, 1.807) is 25.2 Å². The lowest BCUT2D eigenvalue weighted by Gasteiger charge is -2.13. The molecule has 0 heterocycles. The Morgan fingerprint density at radius 1 is 1.04 bits per heavy atom. The second-order valence-corrected chi connectivity index (χ2v) is 6.60. The van der Waals surface area contributed by atoms with Gasteiger partial charge in [0.2, 0.25) is 0 Å². The zero-order chi connectivity index (χ0) is 19.8. The summed E-state index contributed by atoms with van der Waals surface area (Å²) in [6.45, 7) is 2.40. The minimum Gasteiger partial charge on any atom is -0.378 e. The fourth-order valence-corrected chi connectivity index (χ4v) is 2.77. The molecule has 27 heavy (non-hydrogen) atoms. The van der Waals surface area contributed by atoms with Crippen LogP contribution in [0.1, 0.15) is 27.9 Å². The van der Waals surface area contributed by atoms with Crippen molar-refractivity contribution >= 4 is 23.3 Å². The number of hydrogen-bond acceptors (Lipinski definition) is 3. The third-order valence-electron chi connectivity index (χ3n) is 4.43. The Morgan fingerprint density at radius 2 is 1.74 bits per heavy atom. The van der Waals surface area contributed by atoms with Crippen LogP contribution in [0.15, 0.2) is 42.5 Å². The summed E-state index contributed by atoms with van der Waals surface area (Å²) >= 11 is 0. The van der Waals surface area contributed by atoms with Crippen molar-refractivity contribution in [3.8, 4) is 0 Å². The van der Waals surface area contributed by atoms with E-state index in [0.717, 1.165) is 18.4 Å². The first-order valence-corrected chi connectivity index (χ1v) is 9.05. The smallest absolute Gasteiger partial charge is 0.319 e. The van der Waals surface area contributed by atoms with E-state index in [1.807, 2.05) is 21.0 Å². The molecule has 0 aliphatic rings. The van der Waals surface area contributed by atoms with Gasteiger partial charge in [0.15, 0.2) is 0 Å². The normalized spacial score (nSPS) is 10.2. The topological polar surface area (TPSA) is 73.5 Å². The summed E-state index contributed by atoms with van der Waals surface area (Å²) in [6, 6.07) is 13.4. The van der Waals surface area contributed by atoms with Gasteiger partial charge < -0.3 is 20.9 Å². The van der Waals surface area contributed by atoms with Crippen molar-refractivity contribution in [3.63, 3.8) is 0 Å². The van der Waals surface area contributed by atoms with Crippen molar-refractivity contribution in [1.82, 2.24) is 10.6 Å². The van der Waals surface area contributed by atoms with Crippen molar-refractivity contribution in [2.24, 2.45) is 0 Å². The Bertz CT molecular complexity index is 785. The SMILES string of the molecule is CNC(=O)c1cccc(NC(=O)NCCCc2ccc(N(C)C)cc2)c1C. The fraction of sp³-hybridized carbons (Fsp3) is 0.333. The van der Waals surface area contributed by atoms with Crippen LogP contribution < -0.4 is 20.9 Å². The van der Waals surface area contributed by atoms with Gasteiger partial charge in [0.1, 0.15) is 0 Å². The maximum absolute atomic E-state index is 12.1. The Balaban J connectivity index is 1.80. The van der Waals surface area contributed by atoms with E-state index in [9.17, 15) is 9.59 Å². The van der Waals surface area contributed by atoms with Crippen molar-refractivity contribution in [2.45, 2.75) is 19.8 Å². The van der Waals surface area contributed by atoms with Gasteiger partial charge in [-0.15, -0.1) is 0 Å². The molecule has 0 fully saturated rings.